The molecule has 0 aliphatic carbocycles. The zero-order valence-corrected chi connectivity index (χ0v) is 15.6. The Hall–Kier alpha value is -2.04. The number of carbonyl (C=O) groups excluding carboxylic acids is 1. The lowest BCUT2D eigenvalue weighted by Crippen LogP contribution is -2.25. The molecule has 0 bridgehead atoms. The van der Waals surface area contributed by atoms with Crippen LogP contribution in [-0.4, -0.2) is 50.1 Å². The molecule has 0 saturated heterocycles. The molecule has 0 radical (unpaired) electrons. The predicted molar refractivity (Wildman–Crippen MR) is 101 cm³/mol. The molecule has 1 atom stereocenters. The van der Waals surface area contributed by atoms with Gasteiger partial charge in [-0.25, -0.2) is 4.79 Å². The van der Waals surface area contributed by atoms with Gasteiger partial charge in [0.15, 0.2) is 5.75 Å². The van der Waals surface area contributed by atoms with Crippen LogP contribution in [0.1, 0.15) is 22.6 Å². The molecule has 2 aromatic rings. The lowest BCUT2D eigenvalue weighted by atomic mass is 9.88. The minimum atomic E-state index is -0.427. The molecule has 1 amide bonds. The minimum absolute atomic E-state index is 0.220. The number of hydrogen-bond acceptors (Lipinski definition) is 3. The van der Waals surface area contributed by atoms with Crippen molar-refractivity contribution < 1.29 is 9.53 Å². The van der Waals surface area contributed by atoms with E-state index in [2.05, 4.69) is 36.2 Å². The Bertz CT molecular complexity index is 762. The topological polar surface area (TPSA) is 32.8 Å². The average molecular weight is 359 g/mol. The fraction of sp³-hybridized carbons (Fsp3) is 0.350. The second-order valence-electron chi connectivity index (χ2n) is 6.72. The van der Waals surface area contributed by atoms with Crippen molar-refractivity contribution in [1.82, 2.24) is 9.80 Å². The molecule has 0 spiro atoms. The first-order valence-electron chi connectivity index (χ1n) is 8.40. The van der Waals surface area contributed by atoms with Crippen LogP contribution in [0.15, 0.2) is 42.5 Å². The maximum absolute atomic E-state index is 11.9. The summed E-state index contributed by atoms with van der Waals surface area (Å²) in [6.07, 6.45) is 0.500. The van der Waals surface area contributed by atoms with Gasteiger partial charge in [-0.3, -0.25) is 0 Å². The number of carbonyl (C=O) groups is 1. The van der Waals surface area contributed by atoms with E-state index in [-0.39, 0.29) is 5.92 Å². The first kappa shape index (κ1) is 17.8. The van der Waals surface area contributed by atoms with Crippen molar-refractivity contribution in [3.05, 3.63) is 64.2 Å². The van der Waals surface area contributed by atoms with Gasteiger partial charge in [-0.1, -0.05) is 41.9 Å². The number of nitrogens with zero attached hydrogens (tertiary/aromatic N) is 2. The first-order chi connectivity index (χ1) is 12.0. The fourth-order valence-electron chi connectivity index (χ4n) is 3.20. The normalized spacial score (nSPS) is 17.5. The van der Waals surface area contributed by atoms with Crippen molar-refractivity contribution in [3.8, 4) is 5.75 Å². The van der Waals surface area contributed by atoms with Crippen LogP contribution >= 0.6 is 11.6 Å². The van der Waals surface area contributed by atoms with E-state index in [1.807, 2.05) is 18.2 Å². The van der Waals surface area contributed by atoms with Crippen molar-refractivity contribution >= 4 is 17.7 Å². The van der Waals surface area contributed by atoms with E-state index in [4.69, 9.17) is 16.3 Å². The second-order valence-corrected chi connectivity index (χ2v) is 7.13. The summed E-state index contributed by atoms with van der Waals surface area (Å²) in [5.41, 5.74) is 3.65. The number of fused-ring (bicyclic) bond motifs is 1. The van der Waals surface area contributed by atoms with Crippen LogP contribution in [0, 0.1) is 0 Å². The average Bonchev–Trinajstić information content (AvgIpc) is 2.75. The molecule has 0 N–H and O–H groups in total. The number of rotatable bonds is 2. The largest absolute Gasteiger partial charge is 0.414 e. The molecule has 4 nitrogen and oxygen atoms in total. The number of benzene rings is 2. The fourth-order valence-corrected chi connectivity index (χ4v) is 3.42. The highest BCUT2D eigenvalue weighted by molar-refractivity contribution is 6.32. The number of hydrogen-bond donors (Lipinski definition) is 0. The smallest absolute Gasteiger partial charge is 0.409 e. The number of likely N-dealkylation sites (N-methyl/N-ethyl adjacent to an activating group) is 1. The van der Waals surface area contributed by atoms with Crippen molar-refractivity contribution in [3.63, 3.8) is 0 Å². The standard InChI is InChI=1S/C20H23ClN2O2/c1-22(2)20(24)25-19-12-16-15(11-18(19)21)9-10-23(3)13-17(16)14-7-5-4-6-8-14/h4-8,11-12,17H,9-10,13H2,1-3H3/t17-/m0/s1. The lowest BCUT2D eigenvalue weighted by molar-refractivity contribution is 0.172. The quantitative estimate of drug-likeness (QED) is 0.812. The first-order valence-corrected chi connectivity index (χ1v) is 8.78. The monoisotopic (exact) mass is 358 g/mol. The highest BCUT2D eigenvalue weighted by Crippen LogP contribution is 2.37. The Morgan fingerprint density at radius 3 is 2.64 bits per heavy atom. The minimum Gasteiger partial charge on any atom is -0.409 e. The van der Waals surface area contributed by atoms with Crippen LogP contribution in [0.4, 0.5) is 4.79 Å². The van der Waals surface area contributed by atoms with Gasteiger partial charge in [-0.15, -0.1) is 0 Å². The summed E-state index contributed by atoms with van der Waals surface area (Å²) >= 11 is 6.38. The highest BCUT2D eigenvalue weighted by Gasteiger charge is 2.25. The zero-order chi connectivity index (χ0) is 18.0. The van der Waals surface area contributed by atoms with E-state index in [0.29, 0.717) is 10.8 Å². The molecule has 3 rings (SSSR count). The maximum atomic E-state index is 11.9. The van der Waals surface area contributed by atoms with Gasteiger partial charge in [0.05, 0.1) is 5.02 Å². The van der Waals surface area contributed by atoms with Gasteiger partial charge in [-0.05, 0) is 42.3 Å². The van der Waals surface area contributed by atoms with Crippen molar-refractivity contribution in [2.45, 2.75) is 12.3 Å². The van der Waals surface area contributed by atoms with E-state index in [9.17, 15) is 4.79 Å². The SMILES string of the molecule is CN1CCc2cc(Cl)c(OC(=O)N(C)C)cc2[C@H](c2ccccc2)C1. The predicted octanol–water partition coefficient (Wildman–Crippen LogP) is 4.02. The Balaban J connectivity index is 2.05. The van der Waals surface area contributed by atoms with E-state index in [1.165, 1.54) is 21.6 Å². The summed E-state index contributed by atoms with van der Waals surface area (Å²) in [6.45, 7) is 1.89. The molecule has 5 heteroatoms. The Kier molecular flexibility index (Phi) is 5.30. The number of amides is 1. The molecular weight excluding hydrogens is 336 g/mol. The molecule has 0 saturated carbocycles. The third kappa shape index (κ3) is 3.97. The van der Waals surface area contributed by atoms with E-state index >= 15 is 0 Å². The van der Waals surface area contributed by atoms with Crippen LogP contribution in [0.3, 0.4) is 0 Å². The summed E-state index contributed by atoms with van der Waals surface area (Å²) in [4.78, 5) is 15.7. The molecule has 132 valence electrons. The molecular formula is C20H23ClN2O2. The summed E-state index contributed by atoms with van der Waals surface area (Å²) in [5.74, 6) is 0.641. The Labute approximate surface area is 154 Å². The number of halogens is 1. The second kappa shape index (κ2) is 7.46. The third-order valence-corrected chi connectivity index (χ3v) is 4.89. The van der Waals surface area contributed by atoms with Crippen molar-refractivity contribution in [2.24, 2.45) is 0 Å². The van der Waals surface area contributed by atoms with Crippen LogP contribution in [0.2, 0.25) is 5.02 Å². The van der Waals surface area contributed by atoms with Crippen molar-refractivity contribution in [1.29, 1.82) is 0 Å². The van der Waals surface area contributed by atoms with Gasteiger partial charge in [0.2, 0.25) is 0 Å². The maximum Gasteiger partial charge on any atom is 0.414 e. The number of ether oxygens (including phenoxy) is 1. The summed E-state index contributed by atoms with van der Waals surface area (Å²) in [5, 5.41) is 0.477. The van der Waals surface area contributed by atoms with Crippen LogP contribution in [0.5, 0.6) is 5.75 Å². The van der Waals surface area contributed by atoms with Gasteiger partial charge in [0.25, 0.3) is 0 Å². The zero-order valence-electron chi connectivity index (χ0n) is 14.8. The van der Waals surface area contributed by atoms with E-state index in [1.54, 1.807) is 14.1 Å². The summed E-state index contributed by atoms with van der Waals surface area (Å²) in [6, 6.07) is 14.3. The molecule has 1 aliphatic rings. The van der Waals surface area contributed by atoms with Gasteiger partial charge >= 0.3 is 6.09 Å². The molecule has 0 unspecified atom stereocenters. The molecule has 0 aromatic heterocycles. The molecule has 1 heterocycles. The lowest BCUT2D eigenvalue weighted by Gasteiger charge is -2.23. The van der Waals surface area contributed by atoms with E-state index in [0.717, 1.165) is 19.5 Å². The molecule has 2 aromatic carbocycles. The van der Waals surface area contributed by atoms with Gasteiger partial charge in [0, 0.05) is 33.1 Å². The van der Waals surface area contributed by atoms with Crippen LogP contribution < -0.4 is 4.74 Å². The van der Waals surface area contributed by atoms with Crippen LogP contribution in [-0.2, 0) is 6.42 Å². The highest BCUT2D eigenvalue weighted by atomic mass is 35.5. The van der Waals surface area contributed by atoms with Gasteiger partial charge in [0.1, 0.15) is 0 Å². The summed E-state index contributed by atoms with van der Waals surface area (Å²) in [7, 11) is 5.44. The molecule has 0 fully saturated rings. The van der Waals surface area contributed by atoms with Gasteiger partial charge < -0.3 is 14.5 Å². The Morgan fingerprint density at radius 1 is 1.24 bits per heavy atom. The van der Waals surface area contributed by atoms with E-state index < -0.39 is 6.09 Å². The van der Waals surface area contributed by atoms with Crippen LogP contribution in [0.25, 0.3) is 0 Å². The molecule has 25 heavy (non-hydrogen) atoms. The molecule has 1 aliphatic heterocycles. The van der Waals surface area contributed by atoms with Crippen molar-refractivity contribution in [2.75, 3.05) is 34.2 Å². The Morgan fingerprint density at radius 2 is 1.96 bits per heavy atom. The third-order valence-electron chi connectivity index (χ3n) is 4.59. The van der Waals surface area contributed by atoms with Gasteiger partial charge in [-0.2, -0.15) is 0 Å². The summed E-state index contributed by atoms with van der Waals surface area (Å²) < 4.78 is 5.47.